The minimum atomic E-state index is 0.542. The van der Waals surface area contributed by atoms with Crippen molar-refractivity contribution in [1.29, 1.82) is 0 Å². The molecule has 0 spiro atoms. The Bertz CT molecular complexity index is 189. The number of piperidine rings is 1. The first-order valence-electron chi connectivity index (χ1n) is 7.11. The minimum Gasteiger partial charge on any atom is -0.302 e. The van der Waals surface area contributed by atoms with Crippen LogP contribution >= 0.6 is 21.6 Å². The van der Waals surface area contributed by atoms with Gasteiger partial charge in [0.25, 0.3) is 0 Å². The summed E-state index contributed by atoms with van der Waals surface area (Å²) in [5, 5.41) is 0. The maximum atomic E-state index is 2.63. The lowest BCUT2D eigenvalue weighted by atomic mass is 9.87. The molecule has 0 bridgehead atoms. The zero-order valence-electron chi connectivity index (χ0n) is 11.8. The molecular formula is C14H29NS2. The Kier molecular flexibility index (Phi) is 8.05. The van der Waals surface area contributed by atoms with Crippen LogP contribution in [0.25, 0.3) is 0 Å². The highest BCUT2D eigenvalue weighted by molar-refractivity contribution is 8.76. The Hall–Kier alpha value is 0.660. The number of rotatable bonds is 8. The van der Waals surface area contributed by atoms with Crippen LogP contribution < -0.4 is 0 Å². The summed E-state index contributed by atoms with van der Waals surface area (Å²) in [5.41, 5.74) is 0.542. The molecule has 0 unspecified atom stereocenters. The van der Waals surface area contributed by atoms with Gasteiger partial charge in [-0.05, 0) is 37.8 Å². The largest absolute Gasteiger partial charge is 0.302 e. The van der Waals surface area contributed by atoms with E-state index < -0.39 is 0 Å². The summed E-state index contributed by atoms with van der Waals surface area (Å²) in [6.45, 7) is 11.0. The number of nitrogens with zero attached hydrogens (tertiary/aromatic N) is 1. The van der Waals surface area contributed by atoms with Crippen LogP contribution in [0.4, 0.5) is 0 Å². The van der Waals surface area contributed by atoms with Crippen molar-refractivity contribution in [1.82, 2.24) is 4.90 Å². The van der Waals surface area contributed by atoms with Gasteiger partial charge in [-0.15, -0.1) is 0 Å². The molecule has 1 aliphatic rings. The topological polar surface area (TPSA) is 3.24 Å². The summed E-state index contributed by atoms with van der Waals surface area (Å²) in [7, 11) is 4.15. The van der Waals surface area contributed by atoms with Gasteiger partial charge in [0.2, 0.25) is 0 Å². The zero-order valence-corrected chi connectivity index (χ0v) is 13.5. The highest BCUT2D eigenvalue weighted by atomic mass is 33.1. The number of hydrogen-bond donors (Lipinski definition) is 0. The lowest BCUT2D eigenvalue weighted by Gasteiger charge is -2.26. The fraction of sp³-hybridized carbons (Fsp3) is 1.00. The third kappa shape index (κ3) is 7.63. The highest BCUT2D eigenvalue weighted by Crippen LogP contribution is 2.30. The maximum absolute atomic E-state index is 2.63. The van der Waals surface area contributed by atoms with Crippen molar-refractivity contribution in [2.75, 3.05) is 31.1 Å². The first kappa shape index (κ1) is 15.7. The normalized spacial score (nSPS) is 18.5. The predicted molar refractivity (Wildman–Crippen MR) is 83.9 cm³/mol. The molecule has 0 atom stereocenters. The molecule has 0 saturated carbocycles. The molecule has 3 heteroatoms. The van der Waals surface area contributed by atoms with Crippen molar-refractivity contribution in [2.24, 2.45) is 5.41 Å². The van der Waals surface area contributed by atoms with Gasteiger partial charge in [0.15, 0.2) is 0 Å². The van der Waals surface area contributed by atoms with Gasteiger partial charge in [0.05, 0.1) is 0 Å². The first-order chi connectivity index (χ1) is 8.14. The molecule has 17 heavy (non-hydrogen) atoms. The molecule has 0 N–H and O–H groups in total. The molecule has 1 heterocycles. The third-order valence-electron chi connectivity index (χ3n) is 3.84. The lowest BCUT2D eigenvalue weighted by Crippen LogP contribution is -2.31. The van der Waals surface area contributed by atoms with E-state index in [9.17, 15) is 0 Å². The SMILES string of the molecule is CCC(C)(C)CCSSCCN1CCCCC1. The van der Waals surface area contributed by atoms with E-state index in [0.717, 1.165) is 0 Å². The average molecular weight is 276 g/mol. The molecule has 1 aliphatic heterocycles. The van der Waals surface area contributed by atoms with Crippen molar-refractivity contribution in [2.45, 2.75) is 52.9 Å². The minimum absolute atomic E-state index is 0.542. The molecule has 1 saturated heterocycles. The Morgan fingerprint density at radius 1 is 1.00 bits per heavy atom. The first-order valence-corrected chi connectivity index (χ1v) is 9.59. The second kappa shape index (κ2) is 8.71. The van der Waals surface area contributed by atoms with Crippen LogP contribution in [-0.4, -0.2) is 36.0 Å². The molecular weight excluding hydrogens is 246 g/mol. The molecule has 0 amide bonds. The van der Waals surface area contributed by atoms with Crippen LogP contribution in [-0.2, 0) is 0 Å². The van der Waals surface area contributed by atoms with Crippen LogP contribution in [0.15, 0.2) is 0 Å². The molecule has 0 aromatic rings. The van der Waals surface area contributed by atoms with Gasteiger partial charge in [-0.2, -0.15) is 0 Å². The van der Waals surface area contributed by atoms with Crippen molar-refractivity contribution in [3.63, 3.8) is 0 Å². The third-order valence-corrected chi connectivity index (χ3v) is 6.23. The Labute approximate surface area is 116 Å². The summed E-state index contributed by atoms with van der Waals surface area (Å²) in [6.07, 6.45) is 6.94. The lowest BCUT2D eigenvalue weighted by molar-refractivity contribution is 0.242. The Morgan fingerprint density at radius 2 is 1.65 bits per heavy atom. The van der Waals surface area contributed by atoms with E-state index in [-0.39, 0.29) is 0 Å². The molecule has 0 aliphatic carbocycles. The molecule has 0 radical (unpaired) electrons. The number of hydrogen-bond acceptors (Lipinski definition) is 3. The predicted octanol–water partition coefficient (Wildman–Crippen LogP) is 4.68. The van der Waals surface area contributed by atoms with Crippen molar-refractivity contribution >= 4 is 21.6 Å². The smallest absolute Gasteiger partial charge is 0.0165 e. The van der Waals surface area contributed by atoms with Gasteiger partial charge >= 0.3 is 0 Å². The standard InChI is InChI=1S/C14H29NS2/c1-4-14(2,3)8-12-16-17-13-11-15-9-6-5-7-10-15/h4-13H2,1-3H3. The fourth-order valence-electron chi connectivity index (χ4n) is 1.96. The van der Waals surface area contributed by atoms with Gasteiger partial charge in [0.1, 0.15) is 0 Å². The summed E-state index contributed by atoms with van der Waals surface area (Å²) in [5.74, 6) is 2.61. The maximum Gasteiger partial charge on any atom is 0.0165 e. The summed E-state index contributed by atoms with van der Waals surface area (Å²) < 4.78 is 0. The summed E-state index contributed by atoms with van der Waals surface area (Å²) in [6, 6.07) is 0. The van der Waals surface area contributed by atoms with Gasteiger partial charge in [-0.3, -0.25) is 0 Å². The van der Waals surface area contributed by atoms with Crippen LogP contribution in [0.1, 0.15) is 52.9 Å². The molecule has 1 nitrogen and oxygen atoms in total. The van der Waals surface area contributed by atoms with Crippen LogP contribution in [0.2, 0.25) is 0 Å². The summed E-state index contributed by atoms with van der Waals surface area (Å²) in [4.78, 5) is 2.63. The van der Waals surface area contributed by atoms with Crippen molar-refractivity contribution in [3.8, 4) is 0 Å². The monoisotopic (exact) mass is 275 g/mol. The average Bonchev–Trinajstić information content (AvgIpc) is 2.35. The second-order valence-electron chi connectivity index (χ2n) is 5.81. The van der Waals surface area contributed by atoms with Gasteiger partial charge in [-0.1, -0.05) is 55.2 Å². The van der Waals surface area contributed by atoms with E-state index in [1.54, 1.807) is 0 Å². The van der Waals surface area contributed by atoms with E-state index in [0.29, 0.717) is 5.41 Å². The van der Waals surface area contributed by atoms with Gasteiger partial charge in [-0.25, -0.2) is 0 Å². The molecule has 1 fully saturated rings. The molecule has 1 rings (SSSR count). The molecule has 0 aromatic heterocycles. The van der Waals surface area contributed by atoms with E-state index >= 15 is 0 Å². The van der Waals surface area contributed by atoms with Crippen LogP contribution in [0, 0.1) is 5.41 Å². The van der Waals surface area contributed by atoms with Gasteiger partial charge < -0.3 is 4.90 Å². The van der Waals surface area contributed by atoms with Crippen LogP contribution in [0.5, 0.6) is 0 Å². The van der Waals surface area contributed by atoms with Crippen molar-refractivity contribution < 1.29 is 0 Å². The van der Waals surface area contributed by atoms with Crippen molar-refractivity contribution in [3.05, 3.63) is 0 Å². The number of likely N-dealkylation sites (tertiary alicyclic amines) is 1. The summed E-state index contributed by atoms with van der Waals surface area (Å²) >= 11 is 0. The van der Waals surface area contributed by atoms with Crippen LogP contribution in [0.3, 0.4) is 0 Å². The molecule has 102 valence electrons. The van der Waals surface area contributed by atoms with E-state index in [4.69, 9.17) is 0 Å². The highest BCUT2D eigenvalue weighted by Gasteiger charge is 2.14. The molecule has 0 aromatic carbocycles. The van der Waals surface area contributed by atoms with E-state index in [1.165, 1.54) is 63.2 Å². The Morgan fingerprint density at radius 3 is 2.29 bits per heavy atom. The fourth-order valence-corrected chi connectivity index (χ4v) is 4.35. The van der Waals surface area contributed by atoms with E-state index in [2.05, 4.69) is 47.3 Å². The zero-order chi connectivity index (χ0) is 12.6. The van der Waals surface area contributed by atoms with Gasteiger partial charge in [0, 0.05) is 18.1 Å². The quantitative estimate of drug-likeness (QED) is 0.468. The Balaban J connectivity index is 1.90. The van der Waals surface area contributed by atoms with E-state index in [1.807, 2.05) is 0 Å². The second-order valence-corrected chi connectivity index (χ2v) is 8.52.